The molecule has 1 aromatic carbocycles. The van der Waals surface area contributed by atoms with Gasteiger partial charge in [0.1, 0.15) is 5.72 Å². The van der Waals surface area contributed by atoms with Crippen LogP contribution in [0.3, 0.4) is 0 Å². The zero-order valence-electron chi connectivity index (χ0n) is 19.5. The monoisotopic (exact) mass is 452 g/mol. The van der Waals surface area contributed by atoms with Gasteiger partial charge in [-0.3, -0.25) is 9.69 Å². The maximum atomic E-state index is 13.5. The minimum absolute atomic E-state index is 0.0158. The van der Waals surface area contributed by atoms with Crippen LogP contribution in [-0.4, -0.2) is 47.2 Å². The fraction of sp³-hybridized carbons (Fsp3) is 0.720. The van der Waals surface area contributed by atoms with E-state index in [0.29, 0.717) is 25.0 Å². The Bertz CT molecular complexity index is 823. The van der Waals surface area contributed by atoms with Crippen LogP contribution in [0.25, 0.3) is 0 Å². The van der Waals surface area contributed by atoms with Crippen LogP contribution in [0.15, 0.2) is 24.3 Å². The summed E-state index contributed by atoms with van der Waals surface area (Å²) in [7, 11) is 0. The zero-order chi connectivity index (χ0) is 23.3. The van der Waals surface area contributed by atoms with Crippen LogP contribution >= 0.6 is 0 Å². The van der Waals surface area contributed by atoms with Crippen LogP contribution in [-0.2, 0) is 22.3 Å². The van der Waals surface area contributed by atoms with Crippen molar-refractivity contribution in [3.05, 3.63) is 35.4 Å². The first-order valence-electron chi connectivity index (χ1n) is 11.9. The summed E-state index contributed by atoms with van der Waals surface area (Å²) in [5.41, 5.74) is -0.254. The first-order valence-corrected chi connectivity index (χ1v) is 11.9. The van der Waals surface area contributed by atoms with E-state index in [2.05, 4.69) is 37.5 Å². The molecule has 7 heteroatoms. The van der Waals surface area contributed by atoms with Gasteiger partial charge in [-0.15, -0.1) is 0 Å². The molecular formula is C25H35F3N2O2. The lowest BCUT2D eigenvalue weighted by Gasteiger charge is -2.55. The van der Waals surface area contributed by atoms with Crippen LogP contribution in [0.1, 0.15) is 58.1 Å². The van der Waals surface area contributed by atoms with E-state index in [-0.39, 0.29) is 23.8 Å². The van der Waals surface area contributed by atoms with Gasteiger partial charge >= 0.3 is 6.18 Å². The van der Waals surface area contributed by atoms with Gasteiger partial charge in [0.05, 0.1) is 18.2 Å². The average Bonchev–Trinajstić information content (AvgIpc) is 3.10. The summed E-state index contributed by atoms with van der Waals surface area (Å²) < 4.78 is 45.1. The number of likely N-dealkylation sites (tertiary alicyclic amines) is 1. The van der Waals surface area contributed by atoms with Gasteiger partial charge in [-0.2, -0.15) is 13.2 Å². The van der Waals surface area contributed by atoms with E-state index in [0.717, 1.165) is 50.0 Å². The van der Waals surface area contributed by atoms with Gasteiger partial charge in [-0.25, -0.2) is 0 Å². The summed E-state index contributed by atoms with van der Waals surface area (Å²) >= 11 is 0. The van der Waals surface area contributed by atoms with Crippen LogP contribution in [0.5, 0.6) is 0 Å². The second kappa shape index (κ2) is 8.64. The van der Waals surface area contributed by atoms with E-state index in [1.807, 2.05) is 0 Å². The third-order valence-corrected chi connectivity index (χ3v) is 7.51. The molecule has 3 aliphatic heterocycles. The maximum Gasteiger partial charge on any atom is 0.416 e. The minimum atomic E-state index is -4.31. The molecule has 3 heterocycles. The van der Waals surface area contributed by atoms with Crippen LogP contribution in [0.2, 0.25) is 0 Å². The highest BCUT2D eigenvalue weighted by molar-refractivity contribution is 5.81. The SMILES string of the molecule is CC(C)C[C@@H]1C[C@@H]2CN(Cc3ccc(C(F)(F)F)cc3)CC[C@@]23OC[C@H](C(C)C)N3C1=O. The highest BCUT2D eigenvalue weighted by atomic mass is 19.4. The molecule has 3 aliphatic rings. The molecule has 0 aliphatic carbocycles. The molecule has 0 bridgehead atoms. The summed E-state index contributed by atoms with van der Waals surface area (Å²) in [5.74, 6) is 1.27. The Labute approximate surface area is 189 Å². The van der Waals surface area contributed by atoms with Crippen LogP contribution in [0.4, 0.5) is 13.2 Å². The Hall–Kier alpha value is -1.60. The predicted molar refractivity (Wildman–Crippen MR) is 117 cm³/mol. The summed E-state index contributed by atoms with van der Waals surface area (Å²) in [6.07, 6.45) is -1.86. The fourth-order valence-corrected chi connectivity index (χ4v) is 5.94. The van der Waals surface area contributed by atoms with E-state index in [1.165, 1.54) is 0 Å². The topological polar surface area (TPSA) is 32.8 Å². The quantitative estimate of drug-likeness (QED) is 0.618. The number of piperidine rings is 2. The molecule has 3 fully saturated rings. The number of amides is 1. The summed E-state index contributed by atoms with van der Waals surface area (Å²) in [6.45, 7) is 11.4. The van der Waals surface area contributed by atoms with Crippen molar-refractivity contribution in [2.24, 2.45) is 23.7 Å². The lowest BCUT2D eigenvalue weighted by atomic mass is 9.73. The van der Waals surface area contributed by atoms with E-state index in [1.54, 1.807) is 12.1 Å². The van der Waals surface area contributed by atoms with E-state index < -0.39 is 17.5 Å². The number of carbonyl (C=O) groups excluding carboxylic acids is 1. The van der Waals surface area contributed by atoms with E-state index in [4.69, 9.17) is 4.74 Å². The lowest BCUT2D eigenvalue weighted by Crippen LogP contribution is -2.67. The number of hydrogen-bond acceptors (Lipinski definition) is 3. The van der Waals surface area contributed by atoms with Gasteiger partial charge < -0.3 is 9.64 Å². The summed E-state index contributed by atoms with van der Waals surface area (Å²) in [6, 6.07) is 5.58. The fourth-order valence-electron chi connectivity index (χ4n) is 5.94. The molecule has 4 nitrogen and oxygen atoms in total. The molecule has 0 unspecified atom stereocenters. The third kappa shape index (κ3) is 4.30. The number of hydrogen-bond donors (Lipinski definition) is 0. The molecule has 1 spiro atoms. The van der Waals surface area contributed by atoms with Crippen LogP contribution < -0.4 is 0 Å². The van der Waals surface area contributed by atoms with Gasteiger partial charge in [0, 0.05) is 37.9 Å². The molecule has 0 aromatic heterocycles. The van der Waals surface area contributed by atoms with Gasteiger partial charge in [0.2, 0.25) is 5.91 Å². The van der Waals surface area contributed by atoms with Crippen molar-refractivity contribution in [3.8, 4) is 0 Å². The van der Waals surface area contributed by atoms with Crippen molar-refractivity contribution in [2.45, 2.75) is 71.4 Å². The number of carbonyl (C=O) groups is 1. The maximum absolute atomic E-state index is 13.5. The minimum Gasteiger partial charge on any atom is -0.353 e. The molecule has 4 atom stereocenters. The Morgan fingerprint density at radius 1 is 1.16 bits per heavy atom. The average molecular weight is 453 g/mol. The number of alkyl halides is 3. The van der Waals surface area contributed by atoms with Gasteiger partial charge in [-0.05, 0) is 42.4 Å². The molecule has 0 N–H and O–H groups in total. The number of rotatable bonds is 5. The van der Waals surface area contributed by atoms with Crippen molar-refractivity contribution < 1.29 is 22.7 Å². The van der Waals surface area contributed by atoms with Gasteiger partial charge in [0.15, 0.2) is 0 Å². The first kappa shape index (κ1) is 23.6. The molecule has 4 rings (SSSR count). The first-order chi connectivity index (χ1) is 15.0. The van der Waals surface area contributed by atoms with Crippen molar-refractivity contribution in [1.29, 1.82) is 0 Å². The van der Waals surface area contributed by atoms with Crippen molar-refractivity contribution >= 4 is 5.91 Å². The Kier molecular flexibility index (Phi) is 6.36. The van der Waals surface area contributed by atoms with Crippen LogP contribution in [0, 0.1) is 23.7 Å². The molecule has 1 amide bonds. The molecule has 178 valence electrons. The van der Waals surface area contributed by atoms with Crippen molar-refractivity contribution in [2.75, 3.05) is 19.7 Å². The van der Waals surface area contributed by atoms with E-state index >= 15 is 0 Å². The smallest absolute Gasteiger partial charge is 0.353 e. The largest absolute Gasteiger partial charge is 0.416 e. The Morgan fingerprint density at radius 3 is 2.44 bits per heavy atom. The number of nitrogens with zero attached hydrogens (tertiary/aromatic N) is 2. The molecule has 1 aromatic rings. The Balaban J connectivity index is 1.52. The molecule has 32 heavy (non-hydrogen) atoms. The van der Waals surface area contributed by atoms with Crippen molar-refractivity contribution in [1.82, 2.24) is 9.80 Å². The highest BCUT2D eigenvalue weighted by Crippen LogP contribution is 2.50. The molecule has 0 radical (unpaired) electrons. The van der Waals surface area contributed by atoms with Crippen molar-refractivity contribution in [3.63, 3.8) is 0 Å². The summed E-state index contributed by atoms with van der Waals surface area (Å²) in [4.78, 5) is 17.9. The predicted octanol–water partition coefficient (Wildman–Crippen LogP) is 5.17. The zero-order valence-corrected chi connectivity index (χ0v) is 19.5. The van der Waals surface area contributed by atoms with E-state index in [9.17, 15) is 18.0 Å². The van der Waals surface area contributed by atoms with Gasteiger partial charge in [0.25, 0.3) is 0 Å². The summed E-state index contributed by atoms with van der Waals surface area (Å²) in [5, 5.41) is 0. The number of ether oxygens (including phenoxy) is 1. The van der Waals surface area contributed by atoms with Gasteiger partial charge in [-0.1, -0.05) is 39.8 Å². The third-order valence-electron chi connectivity index (χ3n) is 7.51. The lowest BCUT2D eigenvalue weighted by molar-refractivity contribution is -0.201. The second-order valence-corrected chi connectivity index (χ2v) is 10.6. The highest BCUT2D eigenvalue weighted by Gasteiger charge is 2.61. The number of halogens is 3. The molecular weight excluding hydrogens is 417 g/mol. The molecule has 0 saturated carbocycles. The second-order valence-electron chi connectivity index (χ2n) is 10.6. The normalized spacial score (nSPS) is 31.3. The number of benzene rings is 1. The Morgan fingerprint density at radius 2 is 1.84 bits per heavy atom. The molecule has 3 saturated heterocycles. The standard InChI is InChI=1S/C25H35F3N2O2/c1-16(2)11-19-12-21-14-29(13-18-5-7-20(8-6-18)25(26,27)28)10-9-24(21)30(23(19)31)22(15-32-24)17(3)4/h5-8,16-17,19,21-22H,9-15H2,1-4H3/t19-,21-,22-,24-/m1/s1.